The Kier molecular flexibility index (Phi) is 9.46. The third-order valence-electron chi connectivity index (χ3n) is 1.73. The fourth-order valence-electron chi connectivity index (χ4n) is 0.968. The number of nitrogens with zero attached hydrogens (tertiary/aromatic N) is 1. The predicted octanol–water partition coefficient (Wildman–Crippen LogP) is 1.51. The summed E-state index contributed by atoms with van der Waals surface area (Å²) >= 11 is 0. The Balaban J connectivity index is 3.91. The molecule has 0 saturated carbocycles. The van der Waals surface area contributed by atoms with Crippen LogP contribution in [0.5, 0.6) is 0 Å². The lowest BCUT2D eigenvalue weighted by Crippen LogP contribution is -1.99. The van der Waals surface area contributed by atoms with Crippen molar-refractivity contribution >= 4 is 12.0 Å². The van der Waals surface area contributed by atoms with Crippen LogP contribution in [0.1, 0.15) is 19.8 Å². The van der Waals surface area contributed by atoms with E-state index in [4.69, 9.17) is 9.84 Å². The third-order valence-corrected chi connectivity index (χ3v) is 1.73. The lowest BCUT2D eigenvalue weighted by atomic mass is 10.2. The van der Waals surface area contributed by atoms with E-state index in [0.717, 1.165) is 0 Å². The maximum atomic E-state index is 11.1. The molecular formula is C12H19NO3. The summed E-state index contributed by atoms with van der Waals surface area (Å²) in [7, 11) is 0. The van der Waals surface area contributed by atoms with Gasteiger partial charge in [0, 0.05) is 26.4 Å². The molecule has 0 heterocycles. The molecule has 0 spiro atoms. The second kappa shape index (κ2) is 10.3. The summed E-state index contributed by atoms with van der Waals surface area (Å²) in [5.74, 6) is -0.0755. The Morgan fingerprint density at radius 2 is 2.25 bits per heavy atom. The van der Waals surface area contributed by atoms with Gasteiger partial charge in [-0.15, -0.1) is 0 Å². The molecule has 16 heavy (non-hydrogen) atoms. The van der Waals surface area contributed by atoms with E-state index < -0.39 is 0 Å². The highest BCUT2D eigenvalue weighted by Crippen LogP contribution is 2.00. The molecule has 90 valence electrons. The fourth-order valence-corrected chi connectivity index (χ4v) is 0.968. The summed E-state index contributed by atoms with van der Waals surface area (Å²) in [6.45, 7) is 6.16. The molecule has 4 heteroatoms. The van der Waals surface area contributed by atoms with Gasteiger partial charge < -0.3 is 9.84 Å². The molecule has 0 rings (SSSR count). The largest absolute Gasteiger partial charge is 0.396 e. The molecular weight excluding hydrogens is 206 g/mol. The van der Waals surface area contributed by atoms with Crippen LogP contribution >= 0.6 is 0 Å². The van der Waals surface area contributed by atoms with Crippen molar-refractivity contribution in [3.8, 4) is 0 Å². The van der Waals surface area contributed by atoms with Gasteiger partial charge in [0.1, 0.15) is 5.70 Å². The molecule has 4 nitrogen and oxygen atoms in total. The summed E-state index contributed by atoms with van der Waals surface area (Å²) in [6.07, 6.45) is 6.02. The molecule has 0 aliphatic heterocycles. The van der Waals surface area contributed by atoms with E-state index in [-0.39, 0.29) is 12.4 Å². The lowest BCUT2D eigenvalue weighted by molar-refractivity contribution is -0.113. The van der Waals surface area contributed by atoms with Gasteiger partial charge in [-0.05, 0) is 12.8 Å². The van der Waals surface area contributed by atoms with Gasteiger partial charge in [0.25, 0.3) is 0 Å². The van der Waals surface area contributed by atoms with Crippen molar-refractivity contribution in [3.63, 3.8) is 0 Å². The van der Waals surface area contributed by atoms with Gasteiger partial charge in [-0.1, -0.05) is 18.7 Å². The molecule has 0 amide bonds. The Hall–Kier alpha value is -1.26. The number of rotatable bonds is 9. The minimum absolute atomic E-state index is 0.0755. The second-order valence-electron chi connectivity index (χ2n) is 3.14. The van der Waals surface area contributed by atoms with Crippen LogP contribution in [0.3, 0.4) is 0 Å². The topological polar surface area (TPSA) is 58.9 Å². The molecule has 0 aromatic rings. The number of Topliss-reactive ketones (excluding diaryl/α,β-unsaturated/α-hetero) is 1. The van der Waals surface area contributed by atoms with Crippen molar-refractivity contribution in [2.75, 3.05) is 19.8 Å². The first kappa shape index (κ1) is 14.7. The van der Waals surface area contributed by atoms with Crippen LogP contribution in [0, 0.1) is 0 Å². The number of ether oxygens (including phenoxy) is 1. The van der Waals surface area contributed by atoms with Gasteiger partial charge in [0.2, 0.25) is 0 Å². The van der Waals surface area contributed by atoms with Crippen molar-refractivity contribution in [3.05, 3.63) is 24.4 Å². The van der Waals surface area contributed by atoms with Gasteiger partial charge >= 0.3 is 0 Å². The highest BCUT2D eigenvalue weighted by molar-refractivity contribution is 5.94. The van der Waals surface area contributed by atoms with Crippen LogP contribution in [-0.2, 0) is 9.53 Å². The Morgan fingerprint density at radius 3 is 2.81 bits per heavy atom. The molecule has 1 N–H and O–H groups in total. The van der Waals surface area contributed by atoms with Gasteiger partial charge in [0.15, 0.2) is 5.78 Å². The van der Waals surface area contributed by atoms with Crippen molar-refractivity contribution in [1.29, 1.82) is 0 Å². The van der Waals surface area contributed by atoms with Gasteiger partial charge in [0.05, 0.1) is 6.61 Å². The molecule has 0 unspecified atom stereocenters. The van der Waals surface area contributed by atoms with E-state index in [1.807, 2.05) is 0 Å². The van der Waals surface area contributed by atoms with E-state index in [2.05, 4.69) is 11.6 Å². The standard InChI is InChI=1S/C12H19NO3/c1-3-7-13-12(11(2)15)6-4-9-16-10-5-8-14/h3,6-7,14H,1,4-5,8-10H2,2H3/b12-6-,13-7?. The Bertz CT molecular complexity index is 269. The molecule has 0 atom stereocenters. The fraction of sp³-hybridized carbons (Fsp3) is 0.500. The lowest BCUT2D eigenvalue weighted by Gasteiger charge is -2.00. The Labute approximate surface area is 96.3 Å². The number of ketones is 1. The zero-order valence-corrected chi connectivity index (χ0v) is 9.69. The van der Waals surface area contributed by atoms with Crippen LogP contribution in [-0.4, -0.2) is 36.9 Å². The summed E-state index contributed by atoms with van der Waals surface area (Å²) < 4.78 is 5.22. The van der Waals surface area contributed by atoms with Crippen molar-refractivity contribution in [2.24, 2.45) is 4.99 Å². The number of carbonyl (C=O) groups is 1. The monoisotopic (exact) mass is 225 g/mol. The van der Waals surface area contributed by atoms with Crippen LogP contribution in [0.2, 0.25) is 0 Å². The average molecular weight is 225 g/mol. The first-order valence-electron chi connectivity index (χ1n) is 5.27. The quantitative estimate of drug-likeness (QED) is 0.367. The second-order valence-corrected chi connectivity index (χ2v) is 3.14. The zero-order chi connectivity index (χ0) is 12.2. The molecule has 0 aromatic heterocycles. The van der Waals surface area contributed by atoms with Crippen LogP contribution < -0.4 is 0 Å². The maximum absolute atomic E-state index is 11.1. The van der Waals surface area contributed by atoms with Gasteiger partial charge in [-0.2, -0.15) is 0 Å². The first-order valence-corrected chi connectivity index (χ1v) is 5.27. The number of hydrogen-bond donors (Lipinski definition) is 1. The molecule has 0 aromatic carbocycles. The SMILES string of the molecule is C=CC=N/C(=C\CCOCCCO)C(C)=O. The summed E-state index contributed by atoms with van der Waals surface area (Å²) in [5.41, 5.74) is 0.422. The number of allylic oxidation sites excluding steroid dienone is 2. The number of aliphatic imine (C=N–C) groups is 1. The van der Waals surface area contributed by atoms with Gasteiger partial charge in [-0.3, -0.25) is 9.79 Å². The molecule has 0 saturated heterocycles. The van der Waals surface area contributed by atoms with Crippen molar-refractivity contribution in [2.45, 2.75) is 19.8 Å². The van der Waals surface area contributed by atoms with E-state index in [1.54, 1.807) is 6.08 Å². The number of aliphatic hydroxyl groups is 1. The first-order chi connectivity index (χ1) is 7.72. The van der Waals surface area contributed by atoms with E-state index >= 15 is 0 Å². The summed E-state index contributed by atoms with van der Waals surface area (Å²) in [6, 6.07) is 0. The van der Waals surface area contributed by atoms with Crippen LogP contribution in [0.15, 0.2) is 29.4 Å². The Morgan fingerprint density at radius 1 is 1.50 bits per heavy atom. The maximum Gasteiger partial charge on any atom is 0.177 e. The highest BCUT2D eigenvalue weighted by atomic mass is 16.5. The summed E-state index contributed by atoms with van der Waals surface area (Å²) in [4.78, 5) is 15.1. The number of carbonyl (C=O) groups excluding carboxylic acids is 1. The predicted molar refractivity (Wildman–Crippen MR) is 64.6 cm³/mol. The van der Waals surface area contributed by atoms with Gasteiger partial charge in [-0.25, -0.2) is 0 Å². The van der Waals surface area contributed by atoms with Crippen LogP contribution in [0.4, 0.5) is 0 Å². The third kappa shape index (κ3) is 8.08. The molecule has 0 aliphatic carbocycles. The average Bonchev–Trinajstić information content (AvgIpc) is 2.26. The number of hydrogen-bond acceptors (Lipinski definition) is 4. The molecule has 0 fully saturated rings. The summed E-state index contributed by atoms with van der Waals surface area (Å²) in [5, 5.41) is 8.52. The van der Waals surface area contributed by atoms with E-state index in [0.29, 0.717) is 31.8 Å². The zero-order valence-electron chi connectivity index (χ0n) is 9.69. The van der Waals surface area contributed by atoms with E-state index in [9.17, 15) is 4.79 Å². The van der Waals surface area contributed by atoms with Crippen molar-refractivity contribution < 1.29 is 14.6 Å². The van der Waals surface area contributed by atoms with Crippen molar-refractivity contribution in [1.82, 2.24) is 0 Å². The molecule has 0 radical (unpaired) electrons. The van der Waals surface area contributed by atoms with E-state index in [1.165, 1.54) is 19.2 Å². The minimum atomic E-state index is -0.0755. The minimum Gasteiger partial charge on any atom is -0.396 e. The molecule has 0 aliphatic rings. The molecule has 0 bridgehead atoms. The highest BCUT2D eigenvalue weighted by Gasteiger charge is 1.99. The number of aliphatic hydroxyl groups excluding tert-OH is 1. The normalized spacial score (nSPS) is 12.0. The van der Waals surface area contributed by atoms with Crippen LogP contribution in [0.25, 0.3) is 0 Å². The smallest absolute Gasteiger partial charge is 0.177 e.